The number of anilines is 1. The Balaban J connectivity index is 1.34. The molecule has 32 heavy (non-hydrogen) atoms. The SMILES string of the molecule is N#Cc1c(NC(=O)CCc2ccccc2)sc2c1CCN(C(=O)OCCn1ccnc1)C2. The van der Waals surface area contributed by atoms with E-state index < -0.39 is 0 Å². The van der Waals surface area contributed by atoms with Crippen LogP contribution >= 0.6 is 11.3 Å². The predicted octanol–water partition coefficient (Wildman–Crippen LogP) is 3.58. The average Bonchev–Trinajstić information content (AvgIpc) is 3.45. The van der Waals surface area contributed by atoms with Crippen molar-refractivity contribution in [1.82, 2.24) is 14.5 Å². The van der Waals surface area contributed by atoms with E-state index in [2.05, 4.69) is 16.4 Å². The number of imidazole rings is 1. The zero-order valence-electron chi connectivity index (χ0n) is 17.5. The highest BCUT2D eigenvalue weighted by Crippen LogP contribution is 2.36. The minimum atomic E-state index is -0.379. The monoisotopic (exact) mass is 449 g/mol. The summed E-state index contributed by atoms with van der Waals surface area (Å²) in [6, 6.07) is 12.0. The van der Waals surface area contributed by atoms with Gasteiger partial charge in [0, 0.05) is 30.2 Å². The zero-order chi connectivity index (χ0) is 22.3. The first kappa shape index (κ1) is 21.6. The van der Waals surface area contributed by atoms with Gasteiger partial charge in [0.25, 0.3) is 0 Å². The van der Waals surface area contributed by atoms with Gasteiger partial charge < -0.3 is 19.5 Å². The molecular weight excluding hydrogens is 426 g/mol. The third-order valence-corrected chi connectivity index (χ3v) is 6.43. The van der Waals surface area contributed by atoms with Gasteiger partial charge in [-0.15, -0.1) is 11.3 Å². The lowest BCUT2D eigenvalue weighted by Gasteiger charge is -2.26. The molecule has 1 aliphatic rings. The fourth-order valence-corrected chi connectivity index (χ4v) is 4.84. The van der Waals surface area contributed by atoms with Crippen molar-refractivity contribution in [2.24, 2.45) is 0 Å². The summed E-state index contributed by atoms with van der Waals surface area (Å²) in [4.78, 5) is 31.4. The molecule has 3 heterocycles. The second-order valence-electron chi connectivity index (χ2n) is 7.44. The maximum Gasteiger partial charge on any atom is 0.410 e. The van der Waals surface area contributed by atoms with Gasteiger partial charge in [-0.05, 0) is 24.0 Å². The van der Waals surface area contributed by atoms with E-state index in [1.54, 1.807) is 17.4 Å². The molecule has 0 aliphatic carbocycles. The topological polar surface area (TPSA) is 100 Å². The largest absolute Gasteiger partial charge is 0.448 e. The van der Waals surface area contributed by atoms with E-state index in [0.717, 1.165) is 16.0 Å². The van der Waals surface area contributed by atoms with Crippen molar-refractivity contribution in [3.63, 3.8) is 0 Å². The maximum absolute atomic E-state index is 12.5. The third kappa shape index (κ3) is 5.15. The Kier molecular flexibility index (Phi) is 6.82. The van der Waals surface area contributed by atoms with E-state index in [1.165, 1.54) is 11.3 Å². The highest BCUT2D eigenvalue weighted by Gasteiger charge is 2.28. The van der Waals surface area contributed by atoms with Crippen molar-refractivity contribution in [2.45, 2.75) is 32.4 Å². The van der Waals surface area contributed by atoms with Crippen molar-refractivity contribution in [2.75, 3.05) is 18.5 Å². The number of hydrogen-bond acceptors (Lipinski definition) is 6. The molecule has 0 spiro atoms. The van der Waals surface area contributed by atoms with Gasteiger partial charge >= 0.3 is 6.09 Å². The summed E-state index contributed by atoms with van der Waals surface area (Å²) in [5.74, 6) is -0.125. The third-order valence-electron chi connectivity index (χ3n) is 5.30. The fourth-order valence-electron chi connectivity index (χ4n) is 3.61. The first-order chi connectivity index (χ1) is 15.6. The number of benzene rings is 1. The Labute approximate surface area is 190 Å². The normalized spacial score (nSPS) is 12.7. The van der Waals surface area contributed by atoms with E-state index in [4.69, 9.17) is 4.74 Å². The molecule has 0 unspecified atom stereocenters. The van der Waals surface area contributed by atoms with Crippen LogP contribution in [0.4, 0.5) is 9.80 Å². The number of amides is 2. The highest BCUT2D eigenvalue weighted by molar-refractivity contribution is 7.16. The fraction of sp³-hybridized carbons (Fsp3) is 0.304. The number of carbonyl (C=O) groups is 2. The molecule has 0 bridgehead atoms. The second-order valence-corrected chi connectivity index (χ2v) is 8.55. The van der Waals surface area contributed by atoms with Crippen molar-refractivity contribution in [1.29, 1.82) is 5.26 Å². The van der Waals surface area contributed by atoms with Gasteiger partial charge in [0.2, 0.25) is 5.91 Å². The molecule has 0 fully saturated rings. The number of thiophene rings is 1. The molecule has 1 N–H and O–H groups in total. The van der Waals surface area contributed by atoms with Crippen LogP contribution in [-0.2, 0) is 35.5 Å². The van der Waals surface area contributed by atoms with Gasteiger partial charge in [0.15, 0.2) is 0 Å². The van der Waals surface area contributed by atoms with Gasteiger partial charge in [0.05, 0.1) is 25.0 Å². The Bertz CT molecular complexity index is 1120. The van der Waals surface area contributed by atoms with Crippen molar-refractivity contribution in [3.8, 4) is 6.07 Å². The number of fused-ring (bicyclic) bond motifs is 1. The van der Waals surface area contributed by atoms with Crippen LogP contribution < -0.4 is 5.32 Å². The van der Waals surface area contributed by atoms with E-state index in [1.807, 2.05) is 41.1 Å². The quantitative estimate of drug-likeness (QED) is 0.594. The van der Waals surface area contributed by atoms with Crippen molar-refractivity contribution >= 4 is 28.3 Å². The Morgan fingerprint density at radius 1 is 1.28 bits per heavy atom. The molecule has 8 nitrogen and oxygen atoms in total. The number of aromatic nitrogens is 2. The molecule has 0 saturated heterocycles. The summed E-state index contributed by atoms with van der Waals surface area (Å²) >= 11 is 1.36. The molecule has 1 aromatic carbocycles. The van der Waals surface area contributed by atoms with Gasteiger partial charge in [-0.2, -0.15) is 5.26 Å². The summed E-state index contributed by atoms with van der Waals surface area (Å²) in [7, 11) is 0. The smallest absolute Gasteiger partial charge is 0.410 e. The number of nitrogens with zero attached hydrogens (tertiary/aromatic N) is 4. The molecule has 2 amide bonds. The number of hydrogen-bond donors (Lipinski definition) is 1. The second kappa shape index (κ2) is 10.1. The summed E-state index contributed by atoms with van der Waals surface area (Å²) in [5.41, 5.74) is 2.51. The molecule has 164 valence electrons. The summed E-state index contributed by atoms with van der Waals surface area (Å²) in [6.07, 6.45) is 6.32. The highest BCUT2D eigenvalue weighted by atomic mass is 32.1. The lowest BCUT2D eigenvalue weighted by Crippen LogP contribution is -2.36. The molecule has 9 heteroatoms. The van der Waals surface area contributed by atoms with E-state index in [9.17, 15) is 14.9 Å². The lowest BCUT2D eigenvalue weighted by atomic mass is 10.0. The molecule has 4 rings (SSSR count). The molecule has 3 aromatic rings. The van der Waals surface area contributed by atoms with Crippen LogP contribution in [0.15, 0.2) is 49.1 Å². The molecule has 0 saturated carbocycles. The summed E-state index contributed by atoms with van der Waals surface area (Å²) in [6.45, 7) is 1.65. The van der Waals surface area contributed by atoms with Crippen molar-refractivity contribution in [3.05, 3.63) is 70.6 Å². The van der Waals surface area contributed by atoms with Crippen LogP contribution in [0.2, 0.25) is 0 Å². The first-order valence-corrected chi connectivity index (χ1v) is 11.2. The predicted molar refractivity (Wildman–Crippen MR) is 120 cm³/mol. The molecule has 0 radical (unpaired) electrons. The van der Waals surface area contributed by atoms with Crippen LogP contribution in [0, 0.1) is 11.3 Å². The van der Waals surface area contributed by atoms with Crippen LogP contribution in [0.3, 0.4) is 0 Å². The zero-order valence-corrected chi connectivity index (χ0v) is 18.3. The van der Waals surface area contributed by atoms with E-state index in [0.29, 0.717) is 49.5 Å². The number of ether oxygens (including phenoxy) is 1. The lowest BCUT2D eigenvalue weighted by molar-refractivity contribution is -0.116. The first-order valence-electron chi connectivity index (χ1n) is 10.4. The molecular formula is C23H23N5O3S. The van der Waals surface area contributed by atoms with Crippen LogP contribution in [0.25, 0.3) is 0 Å². The number of nitrogens with one attached hydrogen (secondary N) is 1. The molecule has 1 aliphatic heterocycles. The van der Waals surface area contributed by atoms with Crippen LogP contribution in [0.1, 0.15) is 28.0 Å². The Morgan fingerprint density at radius 3 is 2.88 bits per heavy atom. The van der Waals surface area contributed by atoms with Crippen LogP contribution in [-0.4, -0.2) is 39.6 Å². The van der Waals surface area contributed by atoms with Gasteiger partial charge in [-0.3, -0.25) is 4.79 Å². The number of nitriles is 1. The summed E-state index contributed by atoms with van der Waals surface area (Å²) < 4.78 is 7.22. The maximum atomic E-state index is 12.5. The van der Waals surface area contributed by atoms with Crippen LogP contribution in [0.5, 0.6) is 0 Å². The standard InChI is InChI=1S/C23H23N5O3S/c24-14-19-18-8-10-28(23(30)31-13-12-27-11-9-25-16-27)15-20(18)32-22(19)26-21(29)7-6-17-4-2-1-3-5-17/h1-5,9,11,16H,6-8,10,12-13,15H2,(H,26,29). The number of carbonyl (C=O) groups excluding carboxylic acids is 2. The van der Waals surface area contributed by atoms with Crippen molar-refractivity contribution < 1.29 is 14.3 Å². The van der Waals surface area contributed by atoms with Gasteiger partial charge in [-0.1, -0.05) is 30.3 Å². The summed E-state index contributed by atoms with van der Waals surface area (Å²) in [5, 5.41) is 13.1. The van der Waals surface area contributed by atoms with E-state index >= 15 is 0 Å². The average molecular weight is 450 g/mol. The minimum absolute atomic E-state index is 0.125. The van der Waals surface area contributed by atoms with Gasteiger partial charge in [-0.25, -0.2) is 9.78 Å². The number of rotatable bonds is 7. The van der Waals surface area contributed by atoms with E-state index in [-0.39, 0.29) is 18.6 Å². The number of aryl methyl sites for hydroxylation is 1. The molecule has 0 atom stereocenters. The Hall–Kier alpha value is -3.64. The van der Waals surface area contributed by atoms with Gasteiger partial charge in [0.1, 0.15) is 17.7 Å². The molecule has 2 aromatic heterocycles. The Morgan fingerprint density at radius 2 is 2.12 bits per heavy atom. The minimum Gasteiger partial charge on any atom is -0.448 e.